The van der Waals surface area contributed by atoms with Crippen molar-refractivity contribution < 1.29 is 14.3 Å². The molecule has 12 heavy (non-hydrogen) atoms. The van der Waals surface area contributed by atoms with Crippen molar-refractivity contribution in [3.8, 4) is 0 Å². The molecule has 1 fully saturated rings. The lowest BCUT2D eigenvalue weighted by molar-refractivity contribution is -0.138. The number of rotatable bonds is 2. The van der Waals surface area contributed by atoms with E-state index >= 15 is 0 Å². The minimum absolute atomic E-state index is 0.0417. The molecule has 1 aliphatic heterocycles. The van der Waals surface area contributed by atoms with Gasteiger partial charge < -0.3 is 9.53 Å². The summed E-state index contributed by atoms with van der Waals surface area (Å²) in [4.78, 5) is 21.4. The molecule has 0 unspecified atom stereocenters. The highest BCUT2D eigenvalue weighted by Gasteiger charge is 2.35. The number of carbonyl (C=O) groups excluding carboxylic acids is 2. The fourth-order valence-electron chi connectivity index (χ4n) is 1.48. The highest BCUT2D eigenvalue weighted by molar-refractivity contribution is 5.91. The number of carbonyl (C=O) groups is 2. The molecule has 1 heterocycles. The Morgan fingerprint density at radius 1 is 1.58 bits per heavy atom. The van der Waals surface area contributed by atoms with Gasteiger partial charge in [0.2, 0.25) is 0 Å². The van der Waals surface area contributed by atoms with Crippen molar-refractivity contribution in [2.45, 2.75) is 26.4 Å². The van der Waals surface area contributed by atoms with Gasteiger partial charge in [-0.3, -0.25) is 0 Å². The first kappa shape index (κ1) is 8.97. The molecule has 1 saturated heterocycles. The lowest BCUT2D eigenvalue weighted by Crippen LogP contribution is -2.12. The average Bonchev–Trinajstić information content (AvgIpc) is 2.28. The molecule has 3 heteroatoms. The van der Waals surface area contributed by atoms with Crippen LogP contribution in [0.1, 0.15) is 20.3 Å². The first-order valence-electron chi connectivity index (χ1n) is 4.01. The summed E-state index contributed by atoms with van der Waals surface area (Å²) >= 11 is 0. The SMILES string of the molecule is C/C=C1\C(=O)O[C@@H](C)[C@@H]1CC=O. The first-order valence-corrected chi connectivity index (χ1v) is 4.01. The van der Waals surface area contributed by atoms with E-state index in [2.05, 4.69) is 0 Å². The van der Waals surface area contributed by atoms with Crippen LogP contribution in [-0.4, -0.2) is 18.4 Å². The van der Waals surface area contributed by atoms with Crippen molar-refractivity contribution in [2.75, 3.05) is 0 Å². The fourth-order valence-corrected chi connectivity index (χ4v) is 1.48. The van der Waals surface area contributed by atoms with Gasteiger partial charge in [-0.15, -0.1) is 0 Å². The van der Waals surface area contributed by atoms with E-state index in [1.807, 2.05) is 6.92 Å². The summed E-state index contributed by atoms with van der Waals surface area (Å²) in [5.41, 5.74) is 0.634. The van der Waals surface area contributed by atoms with Crippen molar-refractivity contribution in [3.05, 3.63) is 11.6 Å². The molecular formula is C9H12O3. The lowest BCUT2D eigenvalue weighted by Gasteiger charge is -2.08. The zero-order valence-electron chi connectivity index (χ0n) is 7.24. The van der Waals surface area contributed by atoms with Crippen molar-refractivity contribution >= 4 is 12.3 Å². The third kappa shape index (κ3) is 1.40. The number of hydrogen-bond acceptors (Lipinski definition) is 3. The molecule has 0 aromatic heterocycles. The minimum atomic E-state index is -0.281. The van der Waals surface area contributed by atoms with Gasteiger partial charge in [0, 0.05) is 17.9 Å². The normalized spacial score (nSPS) is 32.2. The average molecular weight is 168 g/mol. The van der Waals surface area contributed by atoms with Gasteiger partial charge in [0.1, 0.15) is 12.4 Å². The molecule has 0 N–H and O–H groups in total. The van der Waals surface area contributed by atoms with Crippen LogP contribution in [0, 0.1) is 5.92 Å². The summed E-state index contributed by atoms with van der Waals surface area (Å²) in [6.45, 7) is 3.59. The van der Waals surface area contributed by atoms with Gasteiger partial charge in [-0.05, 0) is 13.8 Å². The maximum atomic E-state index is 11.1. The van der Waals surface area contributed by atoms with Crippen LogP contribution in [0.25, 0.3) is 0 Å². The van der Waals surface area contributed by atoms with Gasteiger partial charge in [0.15, 0.2) is 0 Å². The predicted molar refractivity (Wildman–Crippen MR) is 43.5 cm³/mol. The number of ether oxygens (including phenoxy) is 1. The fraction of sp³-hybridized carbons (Fsp3) is 0.556. The topological polar surface area (TPSA) is 43.4 Å². The summed E-state index contributed by atoms with van der Waals surface area (Å²) in [5.74, 6) is -0.322. The van der Waals surface area contributed by atoms with E-state index in [0.29, 0.717) is 12.0 Å². The highest BCUT2D eigenvalue weighted by Crippen LogP contribution is 2.29. The summed E-state index contributed by atoms with van der Waals surface area (Å²) in [5, 5.41) is 0. The Kier molecular flexibility index (Phi) is 2.63. The number of allylic oxidation sites excluding steroid dienone is 1. The maximum absolute atomic E-state index is 11.1. The van der Waals surface area contributed by atoms with E-state index in [-0.39, 0.29) is 18.0 Å². The van der Waals surface area contributed by atoms with Crippen LogP contribution in [0.3, 0.4) is 0 Å². The molecule has 0 radical (unpaired) electrons. The summed E-state index contributed by atoms with van der Waals surface area (Å²) in [6.07, 6.45) is 2.76. The van der Waals surface area contributed by atoms with Gasteiger partial charge in [-0.1, -0.05) is 6.08 Å². The van der Waals surface area contributed by atoms with E-state index < -0.39 is 0 Å². The van der Waals surface area contributed by atoms with Gasteiger partial charge in [-0.25, -0.2) is 4.79 Å². The zero-order chi connectivity index (χ0) is 9.14. The monoisotopic (exact) mass is 168 g/mol. The number of cyclic esters (lactones) is 1. The van der Waals surface area contributed by atoms with E-state index in [9.17, 15) is 9.59 Å². The molecule has 3 nitrogen and oxygen atoms in total. The van der Waals surface area contributed by atoms with Crippen LogP contribution in [0.15, 0.2) is 11.6 Å². The van der Waals surface area contributed by atoms with Gasteiger partial charge in [0.05, 0.1) is 0 Å². The van der Waals surface area contributed by atoms with Crippen LogP contribution in [0.5, 0.6) is 0 Å². The Hall–Kier alpha value is -1.12. The van der Waals surface area contributed by atoms with Crippen molar-refractivity contribution in [1.82, 2.24) is 0 Å². The molecule has 0 aromatic carbocycles. The van der Waals surface area contributed by atoms with E-state index in [1.165, 1.54) is 0 Å². The Labute approximate surface area is 71.4 Å². The molecular weight excluding hydrogens is 156 g/mol. The quantitative estimate of drug-likeness (QED) is 0.352. The zero-order valence-corrected chi connectivity index (χ0v) is 7.24. The summed E-state index contributed by atoms with van der Waals surface area (Å²) in [7, 11) is 0. The second kappa shape index (κ2) is 3.52. The van der Waals surface area contributed by atoms with Crippen LogP contribution in [-0.2, 0) is 14.3 Å². The molecule has 0 aromatic rings. The first-order chi connectivity index (χ1) is 5.70. The van der Waals surface area contributed by atoms with E-state index in [4.69, 9.17) is 4.74 Å². The van der Waals surface area contributed by atoms with Crippen LogP contribution < -0.4 is 0 Å². The van der Waals surface area contributed by atoms with Crippen LogP contribution >= 0.6 is 0 Å². The van der Waals surface area contributed by atoms with Gasteiger partial charge in [-0.2, -0.15) is 0 Å². The standard InChI is InChI=1S/C9H12O3/c1-3-7-8(4-5-10)6(2)12-9(7)11/h3,5-6,8H,4H2,1-2H3/b7-3-/t6-,8-/m0/s1. The van der Waals surface area contributed by atoms with Gasteiger partial charge in [0.25, 0.3) is 0 Å². The molecule has 0 aliphatic carbocycles. The molecule has 0 spiro atoms. The van der Waals surface area contributed by atoms with Crippen LogP contribution in [0.4, 0.5) is 0 Å². The Balaban J connectivity index is 2.82. The molecule has 2 atom stereocenters. The molecule has 66 valence electrons. The maximum Gasteiger partial charge on any atom is 0.334 e. The largest absolute Gasteiger partial charge is 0.459 e. The Morgan fingerprint density at radius 3 is 2.75 bits per heavy atom. The van der Waals surface area contributed by atoms with Crippen molar-refractivity contribution in [1.29, 1.82) is 0 Å². The predicted octanol–water partition coefficient (Wildman–Crippen LogP) is 1.08. The summed E-state index contributed by atoms with van der Waals surface area (Å²) < 4.78 is 4.96. The third-order valence-corrected chi connectivity index (χ3v) is 2.16. The molecule has 1 rings (SSSR count). The van der Waals surface area contributed by atoms with E-state index in [0.717, 1.165) is 6.29 Å². The summed E-state index contributed by atoms with van der Waals surface area (Å²) in [6, 6.07) is 0. The second-order valence-electron chi connectivity index (χ2n) is 2.86. The molecule has 0 saturated carbocycles. The smallest absolute Gasteiger partial charge is 0.334 e. The molecule has 0 amide bonds. The van der Waals surface area contributed by atoms with Crippen molar-refractivity contribution in [2.24, 2.45) is 5.92 Å². The van der Waals surface area contributed by atoms with Crippen molar-refractivity contribution in [3.63, 3.8) is 0 Å². The highest BCUT2D eigenvalue weighted by atomic mass is 16.5. The number of esters is 1. The minimum Gasteiger partial charge on any atom is -0.459 e. The number of aldehydes is 1. The Bertz CT molecular complexity index is 230. The van der Waals surface area contributed by atoms with Gasteiger partial charge >= 0.3 is 5.97 Å². The van der Waals surface area contributed by atoms with Crippen LogP contribution in [0.2, 0.25) is 0 Å². The molecule has 1 aliphatic rings. The lowest BCUT2D eigenvalue weighted by atomic mass is 9.94. The molecule has 0 bridgehead atoms. The Morgan fingerprint density at radius 2 is 2.25 bits per heavy atom. The third-order valence-electron chi connectivity index (χ3n) is 2.16. The number of hydrogen-bond donors (Lipinski definition) is 0. The second-order valence-corrected chi connectivity index (χ2v) is 2.86. The van der Waals surface area contributed by atoms with E-state index in [1.54, 1.807) is 13.0 Å².